The number of ether oxygens (including phenoxy) is 2. The van der Waals surface area contributed by atoms with Crippen molar-refractivity contribution in [1.82, 2.24) is 0 Å². The summed E-state index contributed by atoms with van der Waals surface area (Å²) in [4.78, 5) is 20.8. The highest BCUT2D eigenvalue weighted by molar-refractivity contribution is 5.38. The molecule has 0 heterocycles. The molecule has 0 aliphatic rings. The molecular weight excluding hydrogens is 316 g/mol. The summed E-state index contributed by atoms with van der Waals surface area (Å²) < 4.78 is 10.1. The maximum Gasteiger partial charge on any atom is 0.461 e. The summed E-state index contributed by atoms with van der Waals surface area (Å²) in [5.74, 6) is 0.0868. The number of hydrogen-bond donors (Lipinski definition) is 0. The molecule has 24 heavy (non-hydrogen) atoms. The standard InChI is InChI=1S/C16H16N2O6/c1-23-13-7-3-11(4-8-13)15(16(17(19)20)18(21)22)12-5-9-14(24-2)10-6-12/h3-10,15-16H,1-2H3. The van der Waals surface area contributed by atoms with E-state index in [0.29, 0.717) is 22.6 Å². The Bertz CT molecular complexity index is 653. The first-order valence-corrected chi connectivity index (χ1v) is 7.02. The first-order chi connectivity index (χ1) is 11.5. The van der Waals surface area contributed by atoms with Crippen LogP contribution >= 0.6 is 0 Å². The minimum Gasteiger partial charge on any atom is -0.497 e. The van der Waals surface area contributed by atoms with Gasteiger partial charge in [-0.1, -0.05) is 24.3 Å². The van der Waals surface area contributed by atoms with Crippen molar-refractivity contribution in [2.45, 2.75) is 12.1 Å². The van der Waals surface area contributed by atoms with Crippen LogP contribution in [0.2, 0.25) is 0 Å². The molecule has 0 fully saturated rings. The Labute approximate surface area is 137 Å². The van der Waals surface area contributed by atoms with Crippen molar-refractivity contribution in [1.29, 1.82) is 0 Å². The summed E-state index contributed by atoms with van der Waals surface area (Å²) in [5.41, 5.74) is 0.915. The Morgan fingerprint density at radius 3 is 1.33 bits per heavy atom. The van der Waals surface area contributed by atoms with Gasteiger partial charge in [-0.05, 0) is 35.4 Å². The van der Waals surface area contributed by atoms with E-state index in [2.05, 4.69) is 0 Å². The van der Waals surface area contributed by atoms with Crippen molar-refractivity contribution < 1.29 is 19.3 Å². The highest BCUT2D eigenvalue weighted by atomic mass is 16.7. The van der Waals surface area contributed by atoms with Gasteiger partial charge >= 0.3 is 6.17 Å². The Hall–Kier alpha value is -3.16. The molecule has 0 aliphatic carbocycles. The lowest BCUT2D eigenvalue weighted by atomic mass is 9.88. The van der Waals surface area contributed by atoms with Gasteiger partial charge in [0, 0.05) is 0 Å². The number of nitro groups is 2. The molecule has 0 spiro atoms. The third kappa shape index (κ3) is 3.60. The van der Waals surface area contributed by atoms with Gasteiger partial charge in [-0.25, -0.2) is 0 Å². The van der Waals surface area contributed by atoms with Gasteiger partial charge in [0.25, 0.3) is 0 Å². The van der Waals surface area contributed by atoms with E-state index in [1.54, 1.807) is 48.5 Å². The second kappa shape index (κ2) is 7.40. The van der Waals surface area contributed by atoms with Crippen molar-refractivity contribution in [2.24, 2.45) is 0 Å². The number of nitrogens with zero attached hydrogens (tertiary/aromatic N) is 2. The molecule has 0 amide bonds. The quantitative estimate of drug-likeness (QED) is 0.438. The van der Waals surface area contributed by atoms with Crippen LogP contribution in [-0.4, -0.2) is 30.2 Å². The van der Waals surface area contributed by atoms with Crippen molar-refractivity contribution in [3.05, 3.63) is 79.9 Å². The van der Waals surface area contributed by atoms with Crippen LogP contribution in [-0.2, 0) is 0 Å². The maximum atomic E-state index is 11.3. The van der Waals surface area contributed by atoms with Gasteiger partial charge in [-0.2, -0.15) is 0 Å². The second-order valence-corrected chi connectivity index (χ2v) is 5.01. The van der Waals surface area contributed by atoms with Gasteiger partial charge in [0.2, 0.25) is 0 Å². The molecule has 0 aromatic heterocycles. The lowest BCUT2D eigenvalue weighted by molar-refractivity contribution is -0.744. The first kappa shape index (κ1) is 17.2. The summed E-state index contributed by atoms with van der Waals surface area (Å²) >= 11 is 0. The van der Waals surface area contributed by atoms with E-state index in [1.165, 1.54) is 14.2 Å². The lowest BCUT2D eigenvalue weighted by Crippen LogP contribution is -2.35. The zero-order valence-corrected chi connectivity index (χ0v) is 13.1. The van der Waals surface area contributed by atoms with Crippen LogP contribution in [0.25, 0.3) is 0 Å². The third-order valence-electron chi connectivity index (χ3n) is 3.68. The summed E-state index contributed by atoms with van der Waals surface area (Å²) in [6.07, 6.45) is -1.99. The van der Waals surface area contributed by atoms with Gasteiger partial charge < -0.3 is 9.47 Å². The Kier molecular flexibility index (Phi) is 5.31. The van der Waals surface area contributed by atoms with Crippen molar-refractivity contribution in [3.8, 4) is 11.5 Å². The molecule has 2 aromatic carbocycles. The molecule has 2 rings (SSSR count). The van der Waals surface area contributed by atoms with Crippen LogP contribution in [0.15, 0.2) is 48.5 Å². The molecule has 8 nitrogen and oxygen atoms in total. The zero-order chi connectivity index (χ0) is 17.7. The monoisotopic (exact) mass is 332 g/mol. The molecule has 2 aromatic rings. The fourth-order valence-electron chi connectivity index (χ4n) is 2.48. The summed E-state index contributed by atoms with van der Waals surface area (Å²) in [7, 11) is 2.99. The number of rotatable bonds is 7. The first-order valence-electron chi connectivity index (χ1n) is 7.02. The predicted octanol–water partition coefficient (Wildman–Crippen LogP) is 2.72. The maximum absolute atomic E-state index is 11.3. The van der Waals surface area contributed by atoms with E-state index < -0.39 is 21.9 Å². The molecule has 0 unspecified atom stereocenters. The lowest BCUT2D eigenvalue weighted by Gasteiger charge is -2.17. The Morgan fingerprint density at radius 1 is 0.750 bits per heavy atom. The molecule has 0 atom stereocenters. The molecule has 0 radical (unpaired) electrons. The normalized spacial score (nSPS) is 10.7. The molecule has 0 N–H and O–H groups in total. The average molecular weight is 332 g/mol. The smallest absolute Gasteiger partial charge is 0.461 e. The highest BCUT2D eigenvalue weighted by Gasteiger charge is 2.44. The molecule has 0 saturated heterocycles. The van der Waals surface area contributed by atoms with Crippen molar-refractivity contribution in [3.63, 3.8) is 0 Å². The molecule has 0 bridgehead atoms. The molecule has 0 saturated carbocycles. The zero-order valence-electron chi connectivity index (χ0n) is 13.1. The Morgan fingerprint density at radius 2 is 1.08 bits per heavy atom. The van der Waals surface area contributed by atoms with Crippen molar-refractivity contribution in [2.75, 3.05) is 14.2 Å². The largest absolute Gasteiger partial charge is 0.497 e. The van der Waals surface area contributed by atoms with Gasteiger partial charge in [-0.3, -0.25) is 20.2 Å². The Balaban J connectivity index is 2.53. The minimum absolute atomic E-state index is 0.458. The minimum atomic E-state index is -1.99. The van der Waals surface area contributed by atoms with Crippen molar-refractivity contribution >= 4 is 0 Å². The van der Waals surface area contributed by atoms with E-state index in [0.717, 1.165) is 0 Å². The van der Waals surface area contributed by atoms with E-state index in [1.807, 2.05) is 0 Å². The fourth-order valence-corrected chi connectivity index (χ4v) is 2.48. The fraction of sp³-hybridized carbons (Fsp3) is 0.250. The highest BCUT2D eigenvalue weighted by Crippen LogP contribution is 2.32. The summed E-state index contributed by atoms with van der Waals surface area (Å²) in [5, 5.41) is 22.6. The van der Waals surface area contributed by atoms with E-state index in [-0.39, 0.29) is 0 Å². The second-order valence-electron chi connectivity index (χ2n) is 5.01. The molecule has 8 heteroatoms. The number of hydrogen-bond acceptors (Lipinski definition) is 6. The number of methoxy groups -OCH3 is 2. The van der Waals surface area contributed by atoms with Crippen LogP contribution in [0.1, 0.15) is 17.0 Å². The van der Waals surface area contributed by atoms with Gasteiger partial charge in [0.05, 0.1) is 24.1 Å². The van der Waals surface area contributed by atoms with Gasteiger partial charge in [-0.15, -0.1) is 0 Å². The van der Waals surface area contributed by atoms with E-state index in [4.69, 9.17) is 9.47 Å². The van der Waals surface area contributed by atoms with Crippen LogP contribution in [0.3, 0.4) is 0 Å². The van der Waals surface area contributed by atoms with Gasteiger partial charge in [0.1, 0.15) is 17.4 Å². The average Bonchev–Trinajstić information content (AvgIpc) is 2.59. The van der Waals surface area contributed by atoms with Crippen LogP contribution < -0.4 is 9.47 Å². The summed E-state index contributed by atoms with van der Waals surface area (Å²) in [6, 6.07) is 12.8. The predicted molar refractivity (Wildman–Crippen MR) is 85.6 cm³/mol. The van der Waals surface area contributed by atoms with Crippen LogP contribution in [0.5, 0.6) is 11.5 Å². The topological polar surface area (TPSA) is 105 Å². The van der Waals surface area contributed by atoms with E-state index >= 15 is 0 Å². The molecule has 0 aliphatic heterocycles. The van der Waals surface area contributed by atoms with Gasteiger partial charge in [0.15, 0.2) is 0 Å². The third-order valence-corrected chi connectivity index (χ3v) is 3.68. The van der Waals surface area contributed by atoms with Crippen LogP contribution in [0.4, 0.5) is 0 Å². The van der Waals surface area contributed by atoms with E-state index in [9.17, 15) is 20.2 Å². The molecular formula is C16H16N2O6. The summed E-state index contributed by atoms with van der Waals surface area (Å²) in [6.45, 7) is 0. The SMILES string of the molecule is COc1ccc(C(c2ccc(OC)cc2)C([N+](=O)[O-])[N+](=O)[O-])cc1. The molecule has 126 valence electrons. The number of benzene rings is 2. The van der Waals surface area contributed by atoms with Crippen LogP contribution in [0, 0.1) is 20.2 Å².